The summed E-state index contributed by atoms with van der Waals surface area (Å²) in [5.74, 6) is -0.208. The average molecular weight is 434 g/mol. The van der Waals surface area contributed by atoms with Crippen LogP contribution in [0.25, 0.3) is 0 Å². The zero-order valence-corrected chi connectivity index (χ0v) is 18.9. The van der Waals surface area contributed by atoms with Crippen molar-refractivity contribution in [1.29, 1.82) is 0 Å². The zero-order valence-electron chi connectivity index (χ0n) is 18.9. The molecule has 0 spiro atoms. The summed E-state index contributed by atoms with van der Waals surface area (Å²) >= 11 is 0. The van der Waals surface area contributed by atoms with Gasteiger partial charge < -0.3 is 0 Å². The van der Waals surface area contributed by atoms with Crippen LogP contribution in [-0.2, 0) is 6.54 Å². The Morgan fingerprint density at radius 3 is 2.28 bits per heavy atom. The molecule has 1 aliphatic carbocycles. The highest BCUT2D eigenvalue weighted by molar-refractivity contribution is 5.28. The van der Waals surface area contributed by atoms with Gasteiger partial charge in [-0.15, -0.1) is 5.10 Å². The van der Waals surface area contributed by atoms with Crippen molar-refractivity contribution in [3.63, 3.8) is 0 Å². The Morgan fingerprint density at radius 1 is 0.969 bits per heavy atom. The van der Waals surface area contributed by atoms with Gasteiger partial charge in [-0.3, -0.25) is 9.80 Å². The van der Waals surface area contributed by atoms with Gasteiger partial charge in [0.15, 0.2) is 0 Å². The Kier molecular flexibility index (Phi) is 6.07. The fraction of sp³-hybridized carbons (Fsp3) is 0.462. The number of piperazine rings is 1. The van der Waals surface area contributed by atoms with Crippen LogP contribution in [0.1, 0.15) is 56.0 Å². The quantitative estimate of drug-likeness (QED) is 0.574. The van der Waals surface area contributed by atoms with E-state index < -0.39 is 0 Å². The molecule has 3 unspecified atom stereocenters. The van der Waals surface area contributed by atoms with E-state index in [1.165, 1.54) is 24.8 Å². The zero-order chi connectivity index (χ0) is 22.1. The number of nitrogens with zero attached hydrogens (tertiary/aromatic N) is 5. The van der Waals surface area contributed by atoms with Crippen LogP contribution >= 0.6 is 0 Å². The highest BCUT2D eigenvalue weighted by Crippen LogP contribution is 2.36. The number of hydrogen-bond acceptors (Lipinski definition) is 4. The summed E-state index contributed by atoms with van der Waals surface area (Å²) in [5.41, 5.74) is 3.32. The van der Waals surface area contributed by atoms with E-state index >= 15 is 0 Å². The SMILES string of the molecule is CC1CN(C(c2ccc(F)cc2)c2cnnn2Cc2ccccc2)CC(C)N1C1CCC1. The fourth-order valence-corrected chi connectivity index (χ4v) is 5.56. The van der Waals surface area contributed by atoms with Gasteiger partial charge in [-0.25, -0.2) is 9.07 Å². The Labute approximate surface area is 189 Å². The average Bonchev–Trinajstić information content (AvgIpc) is 3.19. The standard InChI is InChI=1S/C26H32FN5/c1-19-16-30(17-20(2)32(19)24-9-6-10-24)26(22-11-13-23(27)14-12-22)25-15-28-29-31(25)18-21-7-4-3-5-8-21/h3-5,7-8,11-15,19-20,24,26H,6,9-10,16-18H2,1-2H3. The van der Waals surface area contributed by atoms with E-state index in [0.29, 0.717) is 18.6 Å². The van der Waals surface area contributed by atoms with Crippen LogP contribution in [0.5, 0.6) is 0 Å². The smallest absolute Gasteiger partial charge is 0.123 e. The number of halogens is 1. The first-order valence-corrected chi connectivity index (χ1v) is 11.8. The van der Waals surface area contributed by atoms with E-state index in [2.05, 4.69) is 46.1 Å². The molecule has 0 N–H and O–H groups in total. The first-order valence-electron chi connectivity index (χ1n) is 11.8. The van der Waals surface area contributed by atoms with Gasteiger partial charge in [0.05, 0.1) is 24.5 Å². The van der Waals surface area contributed by atoms with Crippen LogP contribution in [0.2, 0.25) is 0 Å². The summed E-state index contributed by atoms with van der Waals surface area (Å²) in [6.45, 7) is 7.31. The predicted octanol–water partition coefficient (Wildman–Crippen LogP) is 4.50. The van der Waals surface area contributed by atoms with Gasteiger partial charge in [-0.1, -0.05) is 54.1 Å². The van der Waals surface area contributed by atoms with E-state index in [4.69, 9.17) is 0 Å². The summed E-state index contributed by atoms with van der Waals surface area (Å²) in [5, 5.41) is 8.71. The lowest BCUT2D eigenvalue weighted by Gasteiger charge is -2.52. The second kappa shape index (κ2) is 9.12. The van der Waals surface area contributed by atoms with Crippen molar-refractivity contribution in [1.82, 2.24) is 24.8 Å². The molecule has 2 heterocycles. The van der Waals surface area contributed by atoms with Crippen molar-refractivity contribution in [3.8, 4) is 0 Å². The highest BCUT2D eigenvalue weighted by Gasteiger charge is 2.39. The molecule has 0 radical (unpaired) electrons. The van der Waals surface area contributed by atoms with Crippen LogP contribution in [0, 0.1) is 5.82 Å². The summed E-state index contributed by atoms with van der Waals surface area (Å²) in [7, 11) is 0. The Balaban J connectivity index is 1.47. The lowest BCUT2D eigenvalue weighted by atomic mass is 9.87. The highest BCUT2D eigenvalue weighted by atomic mass is 19.1. The maximum Gasteiger partial charge on any atom is 0.123 e. The first-order chi connectivity index (χ1) is 15.6. The van der Waals surface area contributed by atoms with Crippen molar-refractivity contribution in [2.24, 2.45) is 0 Å². The third-order valence-corrected chi connectivity index (χ3v) is 7.17. The fourth-order valence-electron chi connectivity index (χ4n) is 5.56. The van der Waals surface area contributed by atoms with Crippen LogP contribution in [0.4, 0.5) is 4.39 Å². The maximum atomic E-state index is 13.8. The van der Waals surface area contributed by atoms with E-state index in [1.54, 1.807) is 12.1 Å². The molecular formula is C26H32FN5. The number of benzene rings is 2. The minimum Gasteiger partial charge on any atom is -0.292 e. The van der Waals surface area contributed by atoms with Crippen molar-refractivity contribution in [2.75, 3.05) is 13.1 Å². The van der Waals surface area contributed by atoms with E-state index in [1.807, 2.05) is 41.2 Å². The monoisotopic (exact) mass is 433 g/mol. The minimum atomic E-state index is -0.208. The topological polar surface area (TPSA) is 37.2 Å². The van der Waals surface area contributed by atoms with Gasteiger partial charge in [-0.2, -0.15) is 0 Å². The molecule has 1 saturated heterocycles. The third-order valence-electron chi connectivity index (χ3n) is 7.17. The predicted molar refractivity (Wildman–Crippen MR) is 124 cm³/mol. The second-order valence-electron chi connectivity index (χ2n) is 9.44. The Hall–Kier alpha value is -2.57. The molecule has 168 valence electrons. The summed E-state index contributed by atoms with van der Waals surface area (Å²) in [6.07, 6.45) is 5.88. The molecule has 2 fully saturated rings. The Morgan fingerprint density at radius 2 is 1.66 bits per heavy atom. The van der Waals surface area contributed by atoms with Crippen molar-refractivity contribution < 1.29 is 4.39 Å². The van der Waals surface area contributed by atoms with E-state index in [-0.39, 0.29) is 11.9 Å². The molecule has 5 nitrogen and oxygen atoms in total. The third kappa shape index (κ3) is 4.21. The van der Waals surface area contributed by atoms with Gasteiger partial charge in [0, 0.05) is 31.2 Å². The molecule has 3 atom stereocenters. The van der Waals surface area contributed by atoms with E-state index in [0.717, 1.165) is 30.4 Å². The maximum absolute atomic E-state index is 13.8. The number of aromatic nitrogens is 3. The van der Waals surface area contributed by atoms with Crippen molar-refractivity contribution in [3.05, 3.63) is 83.4 Å². The normalized spacial score (nSPS) is 23.7. The molecule has 2 aromatic carbocycles. The molecule has 32 heavy (non-hydrogen) atoms. The first kappa shape index (κ1) is 21.3. The van der Waals surface area contributed by atoms with Gasteiger partial charge in [0.2, 0.25) is 0 Å². The van der Waals surface area contributed by atoms with Crippen molar-refractivity contribution in [2.45, 2.75) is 63.8 Å². The van der Waals surface area contributed by atoms with Crippen molar-refractivity contribution >= 4 is 0 Å². The van der Waals surface area contributed by atoms with Crippen LogP contribution in [0.15, 0.2) is 60.8 Å². The summed E-state index contributed by atoms with van der Waals surface area (Å²) in [4.78, 5) is 5.26. The molecule has 0 bridgehead atoms. The van der Waals surface area contributed by atoms with Crippen LogP contribution in [-0.4, -0.2) is 56.0 Å². The Bertz CT molecular complexity index is 1000. The molecule has 2 aliphatic rings. The summed E-state index contributed by atoms with van der Waals surface area (Å²) in [6, 6.07) is 19.0. The minimum absolute atomic E-state index is 0.0113. The molecule has 1 aliphatic heterocycles. The molecule has 0 amide bonds. The number of hydrogen-bond donors (Lipinski definition) is 0. The van der Waals surface area contributed by atoms with E-state index in [9.17, 15) is 4.39 Å². The molecule has 5 rings (SSSR count). The second-order valence-corrected chi connectivity index (χ2v) is 9.44. The van der Waals surface area contributed by atoms with Gasteiger partial charge in [0.25, 0.3) is 0 Å². The lowest BCUT2D eigenvalue weighted by molar-refractivity contribution is -0.0285. The summed E-state index contributed by atoms with van der Waals surface area (Å²) < 4.78 is 15.8. The molecule has 1 saturated carbocycles. The van der Waals surface area contributed by atoms with Gasteiger partial charge in [-0.05, 0) is 49.9 Å². The molecule has 6 heteroatoms. The van der Waals surface area contributed by atoms with Gasteiger partial charge >= 0.3 is 0 Å². The molecule has 1 aromatic heterocycles. The largest absolute Gasteiger partial charge is 0.292 e. The van der Waals surface area contributed by atoms with Crippen LogP contribution in [0.3, 0.4) is 0 Å². The van der Waals surface area contributed by atoms with Crippen LogP contribution < -0.4 is 0 Å². The van der Waals surface area contributed by atoms with Gasteiger partial charge in [0.1, 0.15) is 5.82 Å². The molecular weight excluding hydrogens is 401 g/mol. The molecule has 3 aromatic rings. The number of rotatable bonds is 6. The lowest BCUT2D eigenvalue weighted by Crippen LogP contribution is -2.61.